The molecule has 5 nitrogen and oxygen atoms in total. The van der Waals surface area contributed by atoms with Crippen molar-refractivity contribution in [1.29, 1.82) is 0 Å². The highest BCUT2D eigenvalue weighted by Crippen LogP contribution is 2.31. The molecule has 3 saturated heterocycles. The van der Waals surface area contributed by atoms with E-state index in [1.165, 1.54) is 0 Å². The number of amides is 2. The van der Waals surface area contributed by atoms with E-state index in [0.717, 1.165) is 45.4 Å². The van der Waals surface area contributed by atoms with Crippen molar-refractivity contribution in [1.82, 2.24) is 9.80 Å². The predicted molar refractivity (Wildman–Crippen MR) is 66.5 cm³/mol. The number of fused-ring (bicyclic) bond motifs is 1. The lowest BCUT2D eigenvalue weighted by atomic mass is 10.0. The predicted octanol–water partition coefficient (Wildman–Crippen LogP) is 1.08. The third-order valence-electron chi connectivity index (χ3n) is 4.40. The van der Waals surface area contributed by atoms with Crippen molar-refractivity contribution < 1.29 is 14.3 Å². The molecule has 0 aliphatic carbocycles. The Morgan fingerprint density at radius 1 is 1.28 bits per heavy atom. The van der Waals surface area contributed by atoms with Crippen LogP contribution in [0.25, 0.3) is 0 Å². The van der Waals surface area contributed by atoms with Crippen molar-refractivity contribution in [2.24, 2.45) is 0 Å². The van der Waals surface area contributed by atoms with Gasteiger partial charge in [-0.3, -0.25) is 0 Å². The molecule has 0 spiro atoms. The van der Waals surface area contributed by atoms with Gasteiger partial charge in [0.1, 0.15) is 12.2 Å². The summed E-state index contributed by atoms with van der Waals surface area (Å²) in [6, 6.07) is 0.407. The quantitative estimate of drug-likeness (QED) is 0.703. The van der Waals surface area contributed by atoms with Crippen molar-refractivity contribution in [2.75, 3.05) is 33.4 Å². The van der Waals surface area contributed by atoms with Gasteiger partial charge in [0.2, 0.25) is 0 Å². The van der Waals surface area contributed by atoms with Crippen LogP contribution < -0.4 is 0 Å². The second kappa shape index (κ2) is 5.05. The SMILES string of the molecule is CO[C@H]1CN(C(=O)N2CCCC2)[C@H]2CCCO[C@@H]12. The molecule has 0 aromatic carbocycles. The molecule has 0 N–H and O–H groups in total. The van der Waals surface area contributed by atoms with E-state index in [9.17, 15) is 4.79 Å². The van der Waals surface area contributed by atoms with Gasteiger partial charge in [0.05, 0.1) is 12.6 Å². The van der Waals surface area contributed by atoms with Gasteiger partial charge in [0, 0.05) is 26.8 Å². The number of methoxy groups -OCH3 is 1. The van der Waals surface area contributed by atoms with E-state index in [2.05, 4.69) is 0 Å². The number of hydrogen-bond acceptors (Lipinski definition) is 3. The maximum Gasteiger partial charge on any atom is 0.320 e. The molecular formula is C13H22N2O3. The van der Waals surface area contributed by atoms with Gasteiger partial charge < -0.3 is 19.3 Å². The zero-order chi connectivity index (χ0) is 12.5. The molecule has 0 unspecified atom stereocenters. The number of nitrogens with zero attached hydrogens (tertiary/aromatic N) is 2. The summed E-state index contributed by atoms with van der Waals surface area (Å²) in [7, 11) is 1.71. The minimum atomic E-state index is 0.0434. The zero-order valence-corrected chi connectivity index (χ0v) is 11.0. The van der Waals surface area contributed by atoms with Crippen LogP contribution in [0.3, 0.4) is 0 Å². The summed E-state index contributed by atoms with van der Waals surface area (Å²) in [4.78, 5) is 16.5. The van der Waals surface area contributed by atoms with Gasteiger partial charge in [-0.05, 0) is 25.7 Å². The molecule has 0 bridgehead atoms. The number of hydrogen-bond donors (Lipinski definition) is 0. The summed E-state index contributed by atoms with van der Waals surface area (Å²) in [6.07, 6.45) is 4.48. The lowest BCUT2D eigenvalue weighted by Crippen LogP contribution is -2.48. The number of carbonyl (C=O) groups excluding carboxylic acids is 1. The molecule has 3 atom stereocenters. The number of ether oxygens (including phenoxy) is 2. The maximum atomic E-state index is 12.5. The van der Waals surface area contributed by atoms with Gasteiger partial charge in [-0.15, -0.1) is 0 Å². The highest BCUT2D eigenvalue weighted by atomic mass is 16.5. The monoisotopic (exact) mass is 254 g/mol. The first-order chi connectivity index (χ1) is 8.81. The van der Waals surface area contributed by atoms with Gasteiger partial charge in [-0.1, -0.05) is 0 Å². The highest BCUT2D eigenvalue weighted by Gasteiger charge is 2.47. The first kappa shape index (κ1) is 12.2. The average molecular weight is 254 g/mol. The Kier molecular flexibility index (Phi) is 3.43. The van der Waals surface area contributed by atoms with Crippen molar-refractivity contribution in [3.05, 3.63) is 0 Å². The van der Waals surface area contributed by atoms with Crippen LogP contribution in [0.2, 0.25) is 0 Å². The summed E-state index contributed by atoms with van der Waals surface area (Å²) in [5.41, 5.74) is 0. The number of likely N-dealkylation sites (tertiary alicyclic amines) is 2. The van der Waals surface area contributed by atoms with E-state index in [0.29, 0.717) is 6.54 Å². The van der Waals surface area contributed by atoms with Crippen molar-refractivity contribution in [3.63, 3.8) is 0 Å². The van der Waals surface area contributed by atoms with Gasteiger partial charge in [-0.2, -0.15) is 0 Å². The van der Waals surface area contributed by atoms with Gasteiger partial charge in [-0.25, -0.2) is 4.79 Å². The summed E-state index contributed by atoms with van der Waals surface area (Å²) in [5, 5.41) is 0. The Bertz CT molecular complexity index is 317. The summed E-state index contributed by atoms with van der Waals surface area (Å²) in [6.45, 7) is 3.30. The fraction of sp³-hybridized carbons (Fsp3) is 0.923. The average Bonchev–Trinajstić information content (AvgIpc) is 3.05. The fourth-order valence-electron chi connectivity index (χ4n) is 3.43. The largest absolute Gasteiger partial charge is 0.377 e. The zero-order valence-electron chi connectivity index (χ0n) is 11.0. The second-order valence-electron chi connectivity index (χ2n) is 5.45. The molecule has 102 valence electrons. The van der Waals surface area contributed by atoms with E-state index in [1.54, 1.807) is 7.11 Å². The molecule has 5 heteroatoms. The molecule has 0 aromatic rings. The third-order valence-corrected chi connectivity index (χ3v) is 4.40. The Balaban J connectivity index is 1.73. The molecule has 3 aliphatic rings. The number of carbonyl (C=O) groups is 1. The molecule has 0 saturated carbocycles. The molecule has 0 aromatic heterocycles. The summed E-state index contributed by atoms with van der Waals surface area (Å²) >= 11 is 0. The number of urea groups is 1. The normalized spacial score (nSPS) is 35.9. The molecule has 3 aliphatic heterocycles. The minimum absolute atomic E-state index is 0.0434. The Hall–Kier alpha value is -0.810. The van der Waals surface area contributed by atoms with E-state index >= 15 is 0 Å². The van der Waals surface area contributed by atoms with Crippen molar-refractivity contribution in [3.8, 4) is 0 Å². The molecule has 3 heterocycles. The second-order valence-corrected chi connectivity index (χ2v) is 5.45. The van der Waals surface area contributed by atoms with Gasteiger partial charge >= 0.3 is 6.03 Å². The molecule has 2 amide bonds. The Morgan fingerprint density at radius 3 is 2.78 bits per heavy atom. The van der Waals surface area contributed by atoms with Crippen LogP contribution in [0.15, 0.2) is 0 Å². The molecule has 0 radical (unpaired) electrons. The summed E-state index contributed by atoms with van der Waals surface area (Å²) in [5.74, 6) is 0. The van der Waals surface area contributed by atoms with Gasteiger partial charge in [0.15, 0.2) is 0 Å². The smallest absolute Gasteiger partial charge is 0.320 e. The standard InChI is InChI=1S/C13H22N2O3/c1-17-11-9-15(10-5-4-8-18-12(10)11)13(16)14-6-2-3-7-14/h10-12H,2-9H2,1H3/t10-,11-,12+/m0/s1. The lowest BCUT2D eigenvalue weighted by molar-refractivity contribution is -0.0638. The van der Waals surface area contributed by atoms with Crippen LogP contribution in [-0.2, 0) is 9.47 Å². The van der Waals surface area contributed by atoms with Crippen LogP contribution in [0.5, 0.6) is 0 Å². The van der Waals surface area contributed by atoms with Crippen molar-refractivity contribution in [2.45, 2.75) is 43.9 Å². The van der Waals surface area contributed by atoms with Crippen LogP contribution in [0.1, 0.15) is 25.7 Å². The van der Waals surface area contributed by atoms with Crippen molar-refractivity contribution >= 4 is 6.03 Å². The van der Waals surface area contributed by atoms with E-state index in [-0.39, 0.29) is 24.3 Å². The van der Waals surface area contributed by atoms with E-state index in [4.69, 9.17) is 9.47 Å². The first-order valence-corrected chi connectivity index (χ1v) is 7.01. The number of rotatable bonds is 1. The fourth-order valence-corrected chi connectivity index (χ4v) is 3.43. The Morgan fingerprint density at radius 2 is 2.06 bits per heavy atom. The third kappa shape index (κ3) is 1.99. The minimum Gasteiger partial charge on any atom is -0.377 e. The van der Waals surface area contributed by atoms with Crippen LogP contribution in [-0.4, -0.2) is 67.4 Å². The van der Waals surface area contributed by atoms with Crippen LogP contribution >= 0.6 is 0 Å². The Labute approximate surface area is 108 Å². The van der Waals surface area contributed by atoms with Crippen LogP contribution in [0, 0.1) is 0 Å². The first-order valence-electron chi connectivity index (χ1n) is 7.01. The lowest BCUT2D eigenvalue weighted by Gasteiger charge is -2.33. The highest BCUT2D eigenvalue weighted by molar-refractivity contribution is 5.75. The maximum absolute atomic E-state index is 12.5. The van der Waals surface area contributed by atoms with E-state index < -0.39 is 0 Å². The topological polar surface area (TPSA) is 42.0 Å². The molecule has 18 heavy (non-hydrogen) atoms. The summed E-state index contributed by atoms with van der Waals surface area (Å²) < 4.78 is 11.3. The van der Waals surface area contributed by atoms with E-state index in [1.807, 2.05) is 9.80 Å². The molecular weight excluding hydrogens is 232 g/mol. The van der Waals surface area contributed by atoms with Gasteiger partial charge in [0.25, 0.3) is 0 Å². The molecule has 3 fully saturated rings. The van der Waals surface area contributed by atoms with Crippen LogP contribution in [0.4, 0.5) is 4.79 Å². The molecule has 3 rings (SSSR count).